The molecule has 0 atom stereocenters. The molecule has 0 bridgehead atoms. The molecule has 1 saturated heterocycles. The predicted molar refractivity (Wildman–Crippen MR) is 124 cm³/mol. The zero-order valence-corrected chi connectivity index (χ0v) is 18.9. The van der Waals surface area contributed by atoms with E-state index < -0.39 is 6.61 Å². The number of rotatable bonds is 7. The number of hydrogen-bond donors (Lipinski definition) is 0. The molecule has 0 aliphatic carbocycles. The smallest absolute Gasteiger partial charge is 0.387 e. The first-order chi connectivity index (χ1) is 16.5. The molecule has 4 aromatic rings. The van der Waals surface area contributed by atoms with Crippen molar-refractivity contribution in [3.63, 3.8) is 0 Å². The number of alkyl halides is 2. The van der Waals surface area contributed by atoms with Gasteiger partial charge in [-0.05, 0) is 80.7 Å². The largest absolute Gasteiger partial charge is 0.441 e. The Morgan fingerprint density at radius 3 is 2.44 bits per heavy atom. The summed E-state index contributed by atoms with van der Waals surface area (Å²) in [5, 5.41) is 0. The number of ether oxygens (including phenoxy) is 1. The Morgan fingerprint density at radius 2 is 1.79 bits per heavy atom. The summed E-state index contributed by atoms with van der Waals surface area (Å²) in [6.07, 6.45) is 7.44. The molecule has 176 valence electrons. The average Bonchev–Trinajstić information content (AvgIpc) is 3.51. The molecule has 34 heavy (non-hydrogen) atoms. The van der Waals surface area contributed by atoms with Crippen molar-refractivity contribution in [2.45, 2.75) is 38.8 Å². The number of halogens is 2. The van der Waals surface area contributed by atoms with Crippen molar-refractivity contribution in [2.75, 3.05) is 13.1 Å². The van der Waals surface area contributed by atoms with Gasteiger partial charge in [0.1, 0.15) is 11.5 Å². The number of benzene rings is 2. The van der Waals surface area contributed by atoms with Gasteiger partial charge in [-0.2, -0.15) is 8.78 Å². The summed E-state index contributed by atoms with van der Waals surface area (Å²) in [6.45, 7) is 1.80. The van der Waals surface area contributed by atoms with E-state index in [-0.39, 0.29) is 5.75 Å². The maximum Gasteiger partial charge on any atom is 0.387 e. The first-order valence-corrected chi connectivity index (χ1v) is 11.4. The molecule has 8 heteroatoms. The van der Waals surface area contributed by atoms with E-state index in [1.165, 1.54) is 5.56 Å². The van der Waals surface area contributed by atoms with Crippen molar-refractivity contribution in [3.8, 4) is 22.9 Å². The van der Waals surface area contributed by atoms with E-state index in [1.54, 1.807) is 24.7 Å². The number of likely N-dealkylation sites (tertiary alicyclic amines) is 1. The first kappa shape index (κ1) is 22.3. The van der Waals surface area contributed by atoms with Crippen LogP contribution in [-0.2, 0) is 6.54 Å². The molecular weight excluding hydrogens is 438 g/mol. The van der Waals surface area contributed by atoms with Crippen LogP contribution in [0.5, 0.6) is 5.75 Å². The lowest BCUT2D eigenvalue weighted by Crippen LogP contribution is -2.32. The quantitative estimate of drug-likeness (QED) is 0.345. The van der Waals surface area contributed by atoms with Crippen molar-refractivity contribution >= 4 is 0 Å². The Balaban J connectivity index is 1.18. The molecule has 2 aromatic carbocycles. The molecule has 0 N–H and O–H groups in total. The molecule has 0 unspecified atom stereocenters. The van der Waals surface area contributed by atoms with Gasteiger partial charge in [-0.1, -0.05) is 12.1 Å². The van der Waals surface area contributed by atoms with Crippen LogP contribution < -0.4 is 4.74 Å². The number of aromatic nitrogens is 3. The second-order valence-corrected chi connectivity index (χ2v) is 8.54. The highest BCUT2D eigenvalue weighted by Gasteiger charge is 2.23. The number of aryl methyl sites for hydroxylation is 1. The van der Waals surface area contributed by atoms with E-state index in [9.17, 15) is 8.78 Å². The zero-order chi connectivity index (χ0) is 23.5. The molecule has 0 spiro atoms. The third kappa shape index (κ3) is 5.02. The average molecular weight is 465 g/mol. The standard InChI is InChI=1S/C26H26F2N4O2/c1-18-24(30-25(33-18)21-2-6-22(7-3-21)32-15-12-29-17-32)16-31-13-10-20(11-14-31)19-4-8-23(9-5-19)34-26(27)28/h2-9,12,15,17,20,26H,10-11,13-14,16H2,1H3. The summed E-state index contributed by atoms with van der Waals surface area (Å²) in [5.41, 5.74) is 4.10. The predicted octanol–water partition coefficient (Wildman–Crippen LogP) is 5.82. The fourth-order valence-corrected chi connectivity index (χ4v) is 4.44. The van der Waals surface area contributed by atoms with Gasteiger partial charge >= 0.3 is 6.61 Å². The van der Waals surface area contributed by atoms with E-state index in [2.05, 4.69) is 14.6 Å². The van der Waals surface area contributed by atoms with Crippen molar-refractivity contribution in [3.05, 3.63) is 84.3 Å². The van der Waals surface area contributed by atoms with Crippen molar-refractivity contribution in [1.29, 1.82) is 0 Å². The maximum absolute atomic E-state index is 12.4. The number of piperidine rings is 1. The third-order valence-corrected chi connectivity index (χ3v) is 6.35. The minimum atomic E-state index is -2.80. The highest BCUT2D eigenvalue weighted by Crippen LogP contribution is 2.31. The molecule has 0 radical (unpaired) electrons. The number of oxazole rings is 1. The topological polar surface area (TPSA) is 56.3 Å². The Morgan fingerprint density at radius 1 is 1.06 bits per heavy atom. The second kappa shape index (κ2) is 9.77. The lowest BCUT2D eigenvalue weighted by atomic mass is 9.89. The molecule has 2 aromatic heterocycles. The maximum atomic E-state index is 12.4. The van der Waals surface area contributed by atoms with Crippen LogP contribution in [0.15, 0.2) is 71.7 Å². The first-order valence-electron chi connectivity index (χ1n) is 11.4. The third-order valence-electron chi connectivity index (χ3n) is 6.35. The lowest BCUT2D eigenvalue weighted by Gasteiger charge is -2.31. The number of imidazole rings is 1. The molecule has 0 saturated carbocycles. The normalized spacial score (nSPS) is 15.2. The van der Waals surface area contributed by atoms with Crippen LogP contribution in [0.25, 0.3) is 17.1 Å². The van der Waals surface area contributed by atoms with Gasteiger partial charge in [-0.15, -0.1) is 0 Å². The Kier molecular flexibility index (Phi) is 6.40. The monoisotopic (exact) mass is 464 g/mol. The Labute approximate surface area is 196 Å². The van der Waals surface area contributed by atoms with Gasteiger partial charge in [-0.3, -0.25) is 4.90 Å². The summed E-state index contributed by atoms with van der Waals surface area (Å²) in [7, 11) is 0. The van der Waals surface area contributed by atoms with Crippen molar-refractivity contribution in [1.82, 2.24) is 19.4 Å². The molecule has 1 aliphatic rings. The van der Waals surface area contributed by atoms with Crippen LogP contribution >= 0.6 is 0 Å². The van der Waals surface area contributed by atoms with E-state index in [1.807, 2.05) is 54.1 Å². The van der Waals surface area contributed by atoms with E-state index >= 15 is 0 Å². The zero-order valence-electron chi connectivity index (χ0n) is 18.9. The van der Waals surface area contributed by atoms with Gasteiger partial charge in [0.2, 0.25) is 5.89 Å². The SMILES string of the molecule is Cc1oc(-c2ccc(-n3ccnc3)cc2)nc1CN1CCC(c2ccc(OC(F)F)cc2)CC1. The van der Waals surface area contributed by atoms with Gasteiger partial charge in [0.25, 0.3) is 0 Å². The highest BCUT2D eigenvalue weighted by atomic mass is 19.3. The van der Waals surface area contributed by atoms with Crippen LogP contribution in [0.3, 0.4) is 0 Å². The minimum Gasteiger partial charge on any atom is -0.441 e. The van der Waals surface area contributed by atoms with E-state index in [0.29, 0.717) is 11.8 Å². The van der Waals surface area contributed by atoms with Gasteiger partial charge in [0.05, 0.1) is 12.0 Å². The van der Waals surface area contributed by atoms with Crippen molar-refractivity contribution < 1.29 is 17.9 Å². The summed E-state index contributed by atoms with van der Waals surface area (Å²) in [5.74, 6) is 2.08. The highest BCUT2D eigenvalue weighted by molar-refractivity contribution is 5.56. The van der Waals surface area contributed by atoms with Gasteiger partial charge in [0.15, 0.2) is 0 Å². The summed E-state index contributed by atoms with van der Waals surface area (Å²) < 4.78 is 37.1. The molecule has 5 rings (SSSR count). The minimum absolute atomic E-state index is 0.199. The summed E-state index contributed by atoms with van der Waals surface area (Å²) in [4.78, 5) is 11.2. The van der Waals surface area contributed by atoms with Crippen LogP contribution in [0, 0.1) is 6.92 Å². The van der Waals surface area contributed by atoms with Gasteiger partial charge in [-0.25, -0.2) is 9.97 Å². The van der Waals surface area contributed by atoms with Crippen molar-refractivity contribution in [2.24, 2.45) is 0 Å². The Hall–Kier alpha value is -3.52. The molecule has 6 nitrogen and oxygen atoms in total. The van der Waals surface area contributed by atoms with Crippen LogP contribution in [0.2, 0.25) is 0 Å². The molecule has 1 aliphatic heterocycles. The van der Waals surface area contributed by atoms with Gasteiger partial charge in [0, 0.05) is 30.2 Å². The van der Waals surface area contributed by atoms with Crippen LogP contribution in [0.4, 0.5) is 8.78 Å². The second-order valence-electron chi connectivity index (χ2n) is 8.54. The summed E-state index contributed by atoms with van der Waals surface area (Å²) in [6, 6.07) is 15.1. The van der Waals surface area contributed by atoms with Crippen LogP contribution in [-0.4, -0.2) is 39.1 Å². The molecule has 3 heterocycles. The summed E-state index contributed by atoms with van der Waals surface area (Å²) >= 11 is 0. The molecule has 0 amide bonds. The number of hydrogen-bond acceptors (Lipinski definition) is 5. The fourth-order valence-electron chi connectivity index (χ4n) is 4.44. The Bertz CT molecular complexity index is 1200. The van der Waals surface area contributed by atoms with Crippen LogP contribution in [0.1, 0.15) is 35.8 Å². The van der Waals surface area contributed by atoms with E-state index in [0.717, 1.165) is 55.2 Å². The van der Waals surface area contributed by atoms with E-state index in [4.69, 9.17) is 9.40 Å². The molecule has 1 fully saturated rings. The fraction of sp³-hybridized carbons (Fsp3) is 0.308. The number of nitrogens with zero attached hydrogens (tertiary/aromatic N) is 4. The van der Waals surface area contributed by atoms with Gasteiger partial charge < -0.3 is 13.7 Å². The lowest BCUT2D eigenvalue weighted by molar-refractivity contribution is -0.0498. The molecular formula is C26H26F2N4O2.